The fourth-order valence-corrected chi connectivity index (χ4v) is 2.27. The van der Waals surface area contributed by atoms with Crippen LogP contribution in [0.3, 0.4) is 0 Å². The van der Waals surface area contributed by atoms with Crippen LogP contribution in [0.15, 0.2) is 66.9 Å². The highest BCUT2D eigenvalue weighted by Crippen LogP contribution is 2.09. The van der Waals surface area contributed by atoms with Crippen molar-refractivity contribution >= 4 is 23.0 Å². The van der Waals surface area contributed by atoms with Crippen molar-refractivity contribution in [2.75, 3.05) is 7.05 Å². The van der Waals surface area contributed by atoms with Gasteiger partial charge in [-0.2, -0.15) is 0 Å². The third-order valence-electron chi connectivity index (χ3n) is 3.50. The summed E-state index contributed by atoms with van der Waals surface area (Å²) in [6.45, 7) is 0.577. The van der Waals surface area contributed by atoms with Crippen molar-refractivity contribution in [1.82, 2.24) is 14.9 Å². The number of carbonyl (C=O) groups is 1. The molecular weight excluding hydrogens is 286 g/mol. The summed E-state index contributed by atoms with van der Waals surface area (Å²) in [6.07, 6.45) is 4.90. The zero-order valence-electron chi connectivity index (χ0n) is 12.9. The summed E-state index contributed by atoms with van der Waals surface area (Å²) < 4.78 is 0. The van der Waals surface area contributed by atoms with Gasteiger partial charge in [-0.25, -0.2) is 4.98 Å². The monoisotopic (exact) mass is 303 g/mol. The second-order valence-electron chi connectivity index (χ2n) is 5.30. The molecule has 1 aromatic heterocycles. The number of hydrogen-bond acceptors (Lipinski definition) is 3. The Morgan fingerprint density at radius 2 is 1.74 bits per heavy atom. The SMILES string of the molecule is CN(Cc1ccccc1)C(=O)/C=C/c1cnc2ccccc2n1. The largest absolute Gasteiger partial charge is 0.338 e. The maximum Gasteiger partial charge on any atom is 0.246 e. The molecule has 23 heavy (non-hydrogen) atoms. The predicted molar refractivity (Wildman–Crippen MR) is 91.5 cm³/mol. The van der Waals surface area contributed by atoms with E-state index in [1.165, 1.54) is 6.08 Å². The van der Waals surface area contributed by atoms with Gasteiger partial charge in [-0.05, 0) is 23.8 Å². The Bertz CT molecular complexity index is 843. The molecule has 0 unspecified atom stereocenters. The van der Waals surface area contributed by atoms with Crippen LogP contribution < -0.4 is 0 Å². The van der Waals surface area contributed by atoms with Crippen molar-refractivity contribution < 1.29 is 4.79 Å². The number of amides is 1. The van der Waals surface area contributed by atoms with Crippen LogP contribution in [0.2, 0.25) is 0 Å². The minimum absolute atomic E-state index is 0.0659. The molecule has 0 aliphatic carbocycles. The Morgan fingerprint density at radius 1 is 1.04 bits per heavy atom. The topological polar surface area (TPSA) is 46.1 Å². The van der Waals surface area contributed by atoms with Gasteiger partial charge in [0, 0.05) is 19.7 Å². The highest BCUT2D eigenvalue weighted by atomic mass is 16.2. The number of rotatable bonds is 4. The summed E-state index contributed by atoms with van der Waals surface area (Å²) >= 11 is 0. The summed E-state index contributed by atoms with van der Waals surface area (Å²) in [6, 6.07) is 17.6. The van der Waals surface area contributed by atoms with E-state index in [-0.39, 0.29) is 5.91 Å². The second-order valence-corrected chi connectivity index (χ2v) is 5.30. The molecule has 0 spiro atoms. The highest BCUT2D eigenvalue weighted by Gasteiger charge is 2.05. The van der Waals surface area contributed by atoms with Gasteiger partial charge in [0.1, 0.15) is 0 Å². The van der Waals surface area contributed by atoms with E-state index < -0.39 is 0 Å². The molecule has 114 valence electrons. The first kappa shape index (κ1) is 14.9. The first-order valence-corrected chi connectivity index (χ1v) is 7.41. The number of para-hydroxylation sites is 2. The number of benzene rings is 2. The van der Waals surface area contributed by atoms with E-state index in [2.05, 4.69) is 9.97 Å². The van der Waals surface area contributed by atoms with Crippen LogP contribution in [0.5, 0.6) is 0 Å². The zero-order valence-corrected chi connectivity index (χ0v) is 12.9. The Hall–Kier alpha value is -3.01. The van der Waals surface area contributed by atoms with Gasteiger partial charge in [0.2, 0.25) is 5.91 Å². The van der Waals surface area contributed by atoms with Crippen LogP contribution >= 0.6 is 0 Å². The number of carbonyl (C=O) groups excluding carboxylic acids is 1. The van der Waals surface area contributed by atoms with E-state index in [0.29, 0.717) is 12.2 Å². The van der Waals surface area contributed by atoms with E-state index >= 15 is 0 Å². The van der Waals surface area contributed by atoms with Gasteiger partial charge in [0.25, 0.3) is 0 Å². The van der Waals surface area contributed by atoms with Crippen molar-refractivity contribution in [3.8, 4) is 0 Å². The molecule has 3 aromatic rings. The minimum Gasteiger partial charge on any atom is -0.338 e. The van der Waals surface area contributed by atoms with Crippen LogP contribution in [0, 0.1) is 0 Å². The summed E-state index contributed by atoms with van der Waals surface area (Å²) in [5.41, 5.74) is 3.43. The molecule has 0 fully saturated rings. The molecule has 0 radical (unpaired) electrons. The maximum absolute atomic E-state index is 12.2. The molecule has 0 saturated heterocycles. The lowest BCUT2D eigenvalue weighted by atomic mass is 10.2. The van der Waals surface area contributed by atoms with Crippen LogP contribution in [0.4, 0.5) is 0 Å². The van der Waals surface area contributed by atoms with E-state index in [1.807, 2.05) is 54.6 Å². The van der Waals surface area contributed by atoms with Crippen LogP contribution in [0.1, 0.15) is 11.3 Å². The van der Waals surface area contributed by atoms with Crippen molar-refractivity contribution in [3.05, 3.63) is 78.1 Å². The highest BCUT2D eigenvalue weighted by molar-refractivity contribution is 5.91. The molecule has 0 atom stereocenters. The second kappa shape index (κ2) is 6.83. The molecule has 1 heterocycles. The third-order valence-corrected chi connectivity index (χ3v) is 3.50. The fourth-order valence-electron chi connectivity index (χ4n) is 2.27. The Balaban J connectivity index is 1.69. The molecule has 4 heteroatoms. The Kier molecular flexibility index (Phi) is 4.43. The van der Waals surface area contributed by atoms with Crippen molar-refractivity contribution in [2.45, 2.75) is 6.54 Å². The first-order chi connectivity index (χ1) is 11.2. The van der Waals surface area contributed by atoms with Gasteiger partial charge >= 0.3 is 0 Å². The number of hydrogen-bond donors (Lipinski definition) is 0. The molecule has 0 aliphatic heterocycles. The number of likely N-dealkylation sites (N-methyl/N-ethyl adjacent to an activating group) is 1. The normalized spacial score (nSPS) is 11.0. The minimum atomic E-state index is -0.0659. The molecule has 0 N–H and O–H groups in total. The lowest BCUT2D eigenvalue weighted by Gasteiger charge is -2.14. The van der Waals surface area contributed by atoms with Crippen LogP contribution in [-0.4, -0.2) is 27.8 Å². The van der Waals surface area contributed by atoms with Crippen molar-refractivity contribution in [1.29, 1.82) is 0 Å². The van der Waals surface area contributed by atoms with E-state index in [9.17, 15) is 4.79 Å². The van der Waals surface area contributed by atoms with E-state index in [1.54, 1.807) is 24.2 Å². The summed E-state index contributed by atoms with van der Waals surface area (Å²) in [7, 11) is 1.78. The van der Waals surface area contributed by atoms with Crippen molar-refractivity contribution in [3.63, 3.8) is 0 Å². The molecule has 3 rings (SSSR count). The van der Waals surface area contributed by atoms with Crippen LogP contribution in [0.25, 0.3) is 17.1 Å². The van der Waals surface area contributed by atoms with Gasteiger partial charge < -0.3 is 4.90 Å². The molecule has 4 nitrogen and oxygen atoms in total. The lowest BCUT2D eigenvalue weighted by Crippen LogP contribution is -2.24. The molecule has 1 amide bonds. The fraction of sp³-hybridized carbons (Fsp3) is 0.105. The summed E-state index contributed by atoms with van der Waals surface area (Å²) in [5.74, 6) is -0.0659. The van der Waals surface area contributed by atoms with Gasteiger partial charge in [-0.15, -0.1) is 0 Å². The molecule has 0 saturated carbocycles. The Labute approximate surface area is 135 Å². The smallest absolute Gasteiger partial charge is 0.246 e. The van der Waals surface area contributed by atoms with Crippen molar-refractivity contribution in [2.24, 2.45) is 0 Å². The number of fused-ring (bicyclic) bond motifs is 1. The van der Waals surface area contributed by atoms with Gasteiger partial charge in [-0.1, -0.05) is 42.5 Å². The maximum atomic E-state index is 12.2. The average molecular weight is 303 g/mol. The zero-order chi connectivity index (χ0) is 16.1. The van der Waals surface area contributed by atoms with Crippen LogP contribution in [-0.2, 0) is 11.3 Å². The quantitative estimate of drug-likeness (QED) is 0.695. The molecule has 2 aromatic carbocycles. The lowest BCUT2D eigenvalue weighted by molar-refractivity contribution is -0.125. The van der Waals surface area contributed by atoms with Gasteiger partial charge in [0.05, 0.1) is 22.9 Å². The first-order valence-electron chi connectivity index (χ1n) is 7.41. The third kappa shape index (κ3) is 3.80. The van der Waals surface area contributed by atoms with Gasteiger partial charge in [-0.3, -0.25) is 9.78 Å². The number of aromatic nitrogens is 2. The predicted octanol–water partition coefficient (Wildman–Crippen LogP) is 3.30. The van der Waals surface area contributed by atoms with Gasteiger partial charge in [0.15, 0.2) is 0 Å². The average Bonchev–Trinajstić information content (AvgIpc) is 2.60. The summed E-state index contributed by atoms with van der Waals surface area (Å²) in [5, 5.41) is 0. The standard InChI is InChI=1S/C19H17N3O/c1-22(14-15-7-3-2-4-8-15)19(23)12-11-16-13-20-17-9-5-6-10-18(17)21-16/h2-13H,14H2,1H3/b12-11+. The van der Waals surface area contributed by atoms with E-state index in [0.717, 1.165) is 16.6 Å². The number of nitrogens with zero attached hydrogens (tertiary/aromatic N) is 3. The molecule has 0 aliphatic rings. The molecular formula is C19H17N3O. The summed E-state index contributed by atoms with van der Waals surface area (Å²) in [4.78, 5) is 22.6. The van der Waals surface area contributed by atoms with E-state index in [4.69, 9.17) is 0 Å². The molecule has 0 bridgehead atoms. The Morgan fingerprint density at radius 3 is 2.52 bits per heavy atom.